The Labute approximate surface area is 97.9 Å². The molecule has 1 aromatic carbocycles. The average Bonchev–Trinajstić information content (AvgIpc) is 2.24. The molecule has 1 atom stereocenters. The van der Waals surface area contributed by atoms with Crippen LogP contribution in [-0.2, 0) is 0 Å². The fourth-order valence-electron chi connectivity index (χ4n) is 2.56. The predicted octanol–water partition coefficient (Wildman–Crippen LogP) is 2.73. The second-order valence-corrected chi connectivity index (χ2v) is 5.25. The molecule has 2 heteroatoms. The van der Waals surface area contributed by atoms with Crippen molar-refractivity contribution in [2.24, 2.45) is 0 Å². The van der Waals surface area contributed by atoms with Crippen molar-refractivity contribution >= 4 is 5.69 Å². The van der Waals surface area contributed by atoms with Gasteiger partial charge in [-0.25, -0.2) is 0 Å². The van der Waals surface area contributed by atoms with E-state index in [1.165, 1.54) is 11.3 Å². The molecule has 0 spiro atoms. The summed E-state index contributed by atoms with van der Waals surface area (Å²) >= 11 is 0. The molecule has 16 heavy (non-hydrogen) atoms. The van der Waals surface area contributed by atoms with E-state index in [9.17, 15) is 5.11 Å². The second-order valence-electron chi connectivity index (χ2n) is 5.25. The molecule has 0 bridgehead atoms. The van der Waals surface area contributed by atoms with E-state index in [1.807, 2.05) is 0 Å². The minimum Gasteiger partial charge on any atom is -0.391 e. The highest BCUT2D eigenvalue weighted by Gasteiger charge is 2.37. The van der Waals surface area contributed by atoms with E-state index < -0.39 is 0 Å². The van der Waals surface area contributed by atoms with Gasteiger partial charge < -0.3 is 10.0 Å². The van der Waals surface area contributed by atoms with Gasteiger partial charge in [0.05, 0.1) is 11.6 Å². The van der Waals surface area contributed by atoms with Gasteiger partial charge in [-0.05, 0) is 45.2 Å². The van der Waals surface area contributed by atoms with Crippen molar-refractivity contribution in [1.29, 1.82) is 0 Å². The fourth-order valence-corrected chi connectivity index (χ4v) is 2.56. The van der Waals surface area contributed by atoms with Gasteiger partial charge in [-0.3, -0.25) is 0 Å². The van der Waals surface area contributed by atoms with Crippen LogP contribution >= 0.6 is 0 Å². The number of benzene rings is 1. The van der Waals surface area contributed by atoms with Crippen molar-refractivity contribution in [1.82, 2.24) is 0 Å². The van der Waals surface area contributed by atoms with Crippen molar-refractivity contribution in [3.05, 3.63) is 29.8 Å². The van der Waals surface area contributed by atoms with Gasteiger partial charge in [0.25, 0.3) is 0 Å². The maximum Gasteiger partial charge on any atom is 0.0767 e. The third-order valence-electron chi connectivity index (χ3n) is 3.78. The molecule has 0 amide bonds. The third kappa shape index (κ3) is 1.82. The quantitative estimate of drug-likeness (QED) is 0.785. The smallest absolute Gasteiger partial charge is 0.0767 e. The summed E-state index contributed by atoms with van der Waals surface area (Å²) in [6.45, 7) is 7.42. The lowest BCUT2D eigenvalue weighted by Crippen LogP contribution is -2.56. The van der Waals surface area contributed by atoms with Crippen molar-refractivity contribution in [3.8, 4) is 0 Å². The summed E-state index contributed by atoms with van der Waals surface area (Å²) < 4.78 is 0. The van der Waals surface area contributed by atoms with Gasteiger partial charge in [-0.15, -0.1) is 0 Å². The molecule has 88 valence electrons. The van der Waals surface area contributed by atoms with Gasteiger partial charge in [0.1, 0.15) is 0 Å². The van der Waals surface area contributed by atoms with Crippen LogP contribution in [0.5, 0.6) is 0 Å². The summed E-state index contributed by atoms with van der Waals surface area (Å²) in [5, 5.41) is 10.1. The fraction of sp³-hybridized carbons (Fsp3) is 0.571. The van der Waals surface area contributed by atoms with Crippen LogP contribution in [0.3, 0.4) is 0 Å². The Kier molecular flexibility index (Phi) is 2.94. The van der Waals surface area contributed by atoms with Crippen LogP contribution in [-0.4, -0.2) is 23.3 Å². The van der Waals surface area contributed by atoms with E-state index in [4.69, 9.17) is 0 Å². The van der Waals surface area contributed by atoms with Gasteiger partial charge in [0, 0.05) is 12.2 Å². The van der Waals surface area contributed by atoms with Crippen molar-refractivity contribution in [2.45, 2.75) is 45.3 Å². The summed E-state index contributed by atoms with van der Waals surface area (Å²) in [5.41, 5.74) is 2.38. The van der Waals surface area contributed by atoms with Gasteiger partial charge in [-0.1, -0.05) is 18.2 Å². The highest BCUT2D eigenvalue weighted by Crippen LogP contribution is 2.34. The predicted molar refractivity (Wildman–Crippen MR) is 67.8 cm³/mol. The summed E-state index contributed by atoms with van der Waals surface area (Å²) in [4.78, 5) is 2.34. The molecule has 1 aromatic rings. The van der Waals surface area contributed by atoms with Gasteiger partial charge in [0.2, 0.25) is 0 Å². The standard InChI is InChI=1S/C14H21NO/c1-11-7-4-5-8-12(11)15-10-6-9-13(16)14(15,2)3/h4-5,7-8,13,16H,6,9-10H2,1-3H3. The largest absolute Gasteiger partial charge is 0.391 e. The monoisotopic (exact) mass is 219 g/mol. The minimum atomic E-state index is -0.235. The second kappa shape index (κ2) is 4.10. The molecule has 1 aliphatic rings. The molecule has 0 aromatic heterocycles. The molecule has 2 nitrogen and oxygen atoms in total. The average molecular weight is 219 g/mol. The highest BCUT2D eigenvalue weighted by molar-refractivity contribution is 5.55. The van der Waals surface area contributed by atoms with E-state index in [2.05, 4.69) is 49.9 Å². The number of aryl methyl sites for hydroxylation is 1. The number of anilines is 1. The first-order chi connectivity index (χ1) is 7.53. The van der Waals surface area contributed by atoms with Crippen LogP contribution in [0, 0.1) is 6.92 Å². The van der Waals surface area contributed by atoms with Crippen LogP contribution in [0.1, 0.15) is 32.3 Å². The number of aliphatic hydroxyl groups is 1. The zero-order valence-electron chi connectivity index (χ0n) is 10.4. The van der Waals surface area contributed by atoms with Gasteiger partial charge in [-0.2, -0.15) is 0 Å². The molecule has 1 aliphatic heterocycles. The maximum atomic E-state index is 10.1. The number of aliphatic hydroxyl groups excluding tert-OH is 1. The lowest BCUT2D eigenvalue weighted by atomic mass is 9.86. The summed E-state index contributed by atoms with van der Waals surface area (Å²) in [6, 6.07) is 8.41. The summed E-state index contributed by atoms with van der Waals surface area (Å²) in [7, 11) is 0. The number of nitrogens with zero attached hydrogens (tertiary/aromatic N) is 1. The number of rotatable bonds is 1. The maximum absolute atomic E-state index is 10.1. The molecule has 0 aliphatic carbocycles. The Morgan fingerprint density at radius 3 is 2.69 bits per heavy atom. The molecule has 0 saturated carbocycles. The summed E-state index contributed by atoms with van der Waals surface area (Å²) in [6.07, 6.45) is 1.75. The molecular formula is C14H21NO. The first-order valence-corrected chi connectivity index (χ1v) is 6.05. The first kappa shape index (κ1) is 11.5. The Hall–Kier alpha value is -1.02. The van der Waals surface area contributed by atoms with Crippen LogP contribution < -0.4 is 4.90 Å². The molecule has 1 fully saturated rings. The molecule has 1 heterocycles. The Bertz CT molecular complexity index is 373. The first-order valence-electron chi connectivity index (χ1n) is 6.05. The lowest BCUT2D eigenvalue weighted by Gasteiger charge is -2.47. The van der Waals surface area contributed by atoms with E-state index in [0.717, 1.165) is 19.4 Å². The molecule has 0 radical (unpaired) electrons. The zero-order chi connectivity index (χ0) is 11.8. The highest BCUT2D eigenvalue weighted by atomic mass is 16.3. The van der Waals surface area contributed by atoms with E-state index in [1.54, 1.807) is 0 Å². The number of piperidine rings is 1. The number of hydrogen-bond acceptors (Lipinski definition) is 2. The molecule has 1 unspecified atom stereocenters. The minimum absolute atomic E-state index is 0.162. The van der Waals surface area contributed by atoms with Crippen LogP contribution in [0.4, 0.5) is 5.69 Å². The molecule has 1 saturated heterocycles. The zero-order valence-corrected chi connectivity index (χ0v) is 10.4. The van der Waals surface area contributed by atoms with E-state index in [0.29, 0.717) is 0 Å². The van der Waals surface area contributed by atoms with E-state index in [-0.39, 0.29) is 11.6 Å². The van der Waals surface area contributed by atoms with Gasteiger partial charge >= 0.3 is 0 Å². The van der Waals surface area contributed by atoms with Crippen LogP contribution in [0.25, 0.3) is 0 Å². The molecule has 1 N–H and O–H groups in total. The number of hydrogen-bond donors (Lipinski definition) is 1. The van der Waals surface area contributed by atoms with Gasteiger partial charge in [0.15, 0.2) is 0 Å². The Morgan fingerprint density at radius 1 is 1.31 bits per heavy atom. The Morgan fingerprint density at radius 2 is 2.00 bits per heavy atom. The van der Waals surface area contributed by atoms with Crippen molar-refractivity contribution in [2.75, 3.05) is 11.4 Å². The number of para-hydroxylation sites is 1. The lowest BCUT2D eigenvalue weighted by molar-refractivity contribution is 0.0711. The molecular weight excluding hydrogens is 198 g/mol. The summed E-state index contributed by atoms with van der Waals surface area (Å²) in [5.74, 6) is 0. The Balaban J connectivity index is 2.36. The SMILES string of the molecule is Cc1ccccc1N1CCCC(O)C1(C)C. The topological polar surface area (TPSA) is 23.5 Å². The van der Waals surface area contributed by atoms with Crippen molar-refractivity contribution < 1.29 is 5.11 Å². The van der Waals surface area contributed by atoms with E-state index >= 15 is 0 Å². The normalized spacial score (nSPS) is 24.5. The van der Waals surface area contributed by atoms with Crippen LogP contribution in [0.2, 0.25) is 0 Å². The molecule has 2 rings (SSSR count). The van der Waals surface area contributed by atoms with Crippen molar-refractivity contribution in [3.63, 3.8) is 0 Å². The third-order valence-corrected chi connectivity index (χ3v) is 3.78. The van der Waals surface area contributed by atoms with Crippen LogP contribution in [0.15, 0.2) is 24.3 Å².